The van der Waals surface area contributed by atoms with E-state index in [-0.39, 0.29) is 0 Å². The summed E-state index contributed by atoms with van der Waals surface area (Å²) in [6.07, 6.45) is 3.98. The Morgan fingerprint density at radius 2 is 2.00 bits per heavy atom. The number of quaternary nitrogens is 1. The summed E-state index contributed by atoms with van der Waals surface area (Å²) < 4.78 is 4.66. The van der Waals surface area contributed by atoms with Crippen molar-refractivity contribution in [2.45, 2.75) is 39.8 Å². The predicted molar refractivity (Wildman–Crippen MR) is 75.8 cm³/mol. The first-order chi connectivity index (χ1) is 9.15. The fourth-order valence-electron chi connectivity index (χ4n) is 2.86. The van der Waals surface area contributed by atoms with E-state index in [0.717, 1.165) is 28.6 Å². The van der Waals surface area contributed by atoms with Crippen molar-refractivity contribution in [3.8, 4) is 0 Å². The SMILES string of the molecule is Cc1cc(C)n2c(=S)n(C[NH+]3CCCCC3)nc2n1. The number of hydrogen-bond donors (Lipinski definition) is 1. The van der Waals surface area contributed by atoms with Gasteiger partial charge < -0.3 is 4.90 Å². The van der Waals surface area contributed by atoms with E-state index in [9.17, 15) is 0 Å². The molecule has 1 saturated heterocycles. The Bertz CT molecular complexity index is 651. The fraction of sp³-hybridized carbons (Fsp3) is 0.615. The summed E-state index contributed by atoms with van der Waals surface area (Å²) in [5, 5.41) is 4.57. The van der Waals surface area contributed by atoms with Gasteiger partial charge in [-0.05, 0) is 51.4 Å². The van der Waals surface area contributed by atoms with E-state index < -0.39 is 0 Å². The molecule has 3 rings (SSSR count). The van der Waals surface area contributed by atoms with Gasteiger partial charge in [0.1, 0.15) is 0 Å². The lowest BCUT2D eigenvalue weighted by Gasteiger charge is -2.22. The van der Waals surface area contributed by atoms with Crippen LogP contribution < -0.4 is 4.90 Å². The maximum absolute atomic E-state index is 5.54. The van der Waals surface area contributed by atoms with E-state index >= 15 is 0 Å². The summed E-state index contributed by atoms with van der Waals surface area (Å²) in [5.41, 5.74) is 2.09. The molecule has 0 radical (unpaired) electrons. The zero-order valence-corrected chi connectivity index (χ0v) is 12.3. The molecule has 0 spiro atoms. The largest absolute Gasteiger partial charge is 0.316 e. The minimum Gasteiger partial charge on any atom is -0.316 e. The molecule has 1 fully saturated rings. The average Bonchev–Trinajstić information content (AvgIpc) is 2.67. The molecule has 0 aromatic carbocycles. The number of nitrogens with one attached hydrogen (secondary N) is 1. The van der Waals surface area contributed by atoms with Crippen molar-refractivity contribution in [1.82, 2.24) is 19.2 Å². The highest BCUT2D eigenvalue weighted by molar-refractivity contribution is 7.71. The van der Waals surface area contributed by atoms with Crippen LogP contribution in [0.4, 0.5) is 0 Å². The molecule has 0 amide bonds. The van der Waals surface area contributed by atoms with Gasteiger partial charge in [-0.2, -0.15) is 4.68 Å². The van der Waals surface area contributed by atoms with Crippen molar-refractivity contribution in [2.75, 3.05) is 13.1 Å². The summed E-state index contributed by atoms with van der Waals surface area (Å²) >= 11 is 5.54. The van der Waals surface area contributed by atoms with Crippen LogP contribution in [0.15, 0.2) is 6.07 Å². The Labute approximate surface area is 117 Å². The number of aryl methyl sites for hydroxylation is 2. The Balaban J connectivity index is 1.98. The van der Waals surface area contributed by atoms with E-state index in [0.29, 0.717) is 0 Å². The summed E-state index contributed by atoms with van der Waals surface area (Å²) in [6.45, 7) is 7.35. The summed E-state index contributed by atoms with van der Waals surface area (Å²) in [6, 6.07) is 2.04. The van der Waals surface area contributed by atoms with Crippen molar-refractivity contribution >= 4 is 18.0 Å². The lowest BCUT2D eigenvalue weighted by Crippen LogP contribution is -3.12. The number of hydrogen-bond acceptors (Lipinski definition) is 3. The highest BCUT2D eigenvalue weighted by Gasteiger charge is 2.16. The molecule has 0 unspecified atom stereocenters. The Hall–Kier alpha value is -1.27. The van der Waals surface area contributed by atoms with Crippen LogP contribution in [-0.4, -0.2) is 32.3 Å². The van der Waals surface area contributed by atoms with E-state index in [1.807, 2.05) is 22.1 Å². The first kappa shape index (κ1) is 12.7. The number of piperidine rings is 1. The van der Waals surface area contributed by atoms with Gasteiger partial charge in [-0.1, -0.05) is 0 Å². The third-order valence-corrected chi connectivity index (χ3v) is 4.20. The monoisotopic (exact) mass is 278 g/mol. The molecule has 0 aliphatic carbocycles. The zero-order chi connectivity index (χ0) is 13.4. The molecule has 6 heteroatoms. The van der Waals surface area contributed by atoms with Gasteiger partial charge in [-0.15, -0.1) is 5.10 Å². The Kier molecular flexibility index (Phi) is 3.36. The summed E-state index contributed by atoms with van der Waals surface area (Å²) in [7, 11) is 0. The molecule has 1 aliphatic heterocycles. The second-order valence-corrected chi connectivity index (χ2v) is 5.79. The molecule has 0 bridgehead atoms. The second-order valence-electron chi connectivity index (χ2n) is 5.43. The first-order valence-corrected chi connectivity index (χ1v) is 7.33. The lowest BCUT2D eigenvalue weighted by atomic mass is 10.1. The highest BCUT2D eigenvalue weighted by atomic mass is 32.1. The van der Waals surface area contributed by atoms with Gasteiger partial charge in [0.25, 0.3) is 5.78 Å². The molecule has 2 aromatic heterocycles. The topological polar surface area (TPSA) is 39.6 Å². The Morgan fingerprint density at radius 3 is 2.74 bits per heavy atom. The second kappa shape index (κ2) is 5.02. The van der Waals surface area contributed by atoms with Crippen LogP contribution in [0.2, 0.25) is 0 Å². The molecule has 1 N–H and O–H groups in total. The Morgan fingerprint density at radius 1 is 1.26 bits per heavy atom. The van der Waals surface area contributed by atoms with E-state index in [1.54, 1.807) is 4.90 Å². The van der Waals surface area contributed by atoms with Gasteiger partial charge in [0.05, 0.1) is 13.1 Å². The number of fused-ring (bicyclic) bond motifs is 1. The number of rotatable bonds is 2. The van der Waals surface area contributed by atoms with Gasteiger partial charge in [-0.25, -0.2) is 4.98 Å². The van der Waals surface area contributed by atoms with E-state index in [4.69, 9.17) is 12.2 Å². The summed E-state index contributed by atoms with van der Waals surface area (Å²) in [5.74, 6) is 0.721. The van der Waals surface area contributed by atoms with Gasteiger partial charge in [0, 0.05) is 11.4 Å². The van der Waals surface area contributed by atoms with Gasteiger partial charge in [0.15, 0.2) is 6.67 Å². The maximum atomic E-state index is 5.54. The number of likely N-dealkylation sites (tertiary alicyclic amines) is 1. The fourth-order valence-corrected chi connectivity index (χ4v) is 3.19. The first-order valence-electron chi connectivity index (χ1n) is 6.92. The molecule has 19 heavy (non-hydrogen) atoms. The lowest BCUT2D eigenvalue weighted by molar-refractivity contribution is -0.928. The number of nitrogens with zero attached hydrogens (tertiary/aromatic N) is 4. The molecular weight excluding hydrogens is 258 g/mol. The quantitative estimate of drug-likeness (QED) is 0.830. The van der Waals surface area contributed by atoms with Crippen LogP contribution in [0.3, 0.4) is 0 Å². The molecule has 2 aromatic rings. The van der Waals surface area contributed by atoms with Gasteiger partial charge in [0.2, 0.25) is 4.77 Å². The molecule has 1 aliphatic rings. The van der Waals surface area contributed by atoms with Crippen molar-refractivity contribution in [1.29, 1.82) is 0 Å². The maximum Gasteiger partial charge on any atom is 0.254 e. The predicted octanol–water partition coefficient (Wildman–Crippen LogP) is 0.903. The van der Waals surface area contributed by atoms with Crippen molar-refractivity contribution in [3.05, 3.63) is 22.2 Å². The highest BCUT2D eigenvalue weighted by Crippen LogP contribution is 2.07. The number of aromatic nitrogens is 4. The van der Waals surface area contributed by atoms with Crippen LogP contribution >= 0.6 is 12.2 Å². The smallest absolute Gasteiger partial charge is 0.254 e. The average molecular weight is 278 g/mol. The van der Waals surface area contributed by atoms with E-state index in [1.165, 1.54) is 32.4 Å². The standard InChI is InChI=1S/C13H19N5S/c1-10-8-11(2)18-12(14-10)15-17(13(18)19)9-16-6-4-3-5-7-16/h8H,3-7,9H2,1-2H3/p+1. The molecule has 5 nitrogen and oxygen atoms in total. The summed E-state index contributed by atoms with van der Waals surface area (Å²) in [4.78, 5) is 6.04. The molecule has 0 atom stereocenters. The van der Waals surface area contributed by atoms with Gasteiger partial charge in [-0.3, -0.25) is 4.40 Å². The molecular formula is C13H20N5S+. The van der Waals surface area contributed by atoms with E-state index in [2.05, 4.69) is 17.0 Å². The minimum absolute atomic E-state index is 0.721. The molecule has 0 saturated carbocycles. The normalized spacial score (nSPS) is 17.2. The third kappa shape index (κ3) is 2.42. The van der Waals surface area contributed by atoms with Crippen LogP contribution in [-0.2, 0) is 6.67 Å². The van der Waals surface area contributed by atoms with Crippen LogP contribution in [0.25, 0.3) is 5.78 Å². The molecule has 3 heterocycles. The van der Waals surface area contributed by atoms with Crippen LogP contribution in [0, 0.1) is 18.6 Å². The zero-order valence-electron chi connectivity index (χ0n) is 11.5. The van der Waals surface area contributed by atoms with Crippen molar-refractivity contribution < 1.29 is 4.90 Å². The van der Waals surface area contributed by atoms with Crippen LogP contribution in [0.5, 0.6) is 0 Å². The van der Waals surface area contributed by atoms with Crippen molar-refractivity contribution in [2.24, 2.45) is 0 Å². The third-order valence-electron chi connectivity index (χ3n) is 3.80. The van der Waals surface area contributed by atoms with Crippen LogP contribution in [0.1, 0.15) is 30.7 Å². The minimum atomic E-state index is 0.721. The molecule has 102 valence electrons. The van der Waals surface area contributed by atoms with Crippen molar-refractivity contribution in [3.63, 3.8) is 0 Å². The van der Waals surface area contributed by atoms with Gasteiger partial charge >= 0.3 is 0 Å².